The van der Waals surface area contributed by atoms with Crippen LogP contribution in [0.4, 0.5) is 5.69 Å². The van der Waals surface area contributed by atoms with E-state index < -0.39 is 0 Å². The van der Waals surface area contributed by atoms with Crippen molar-refractivity contribution in [2.24, 2.45) is 0 Å². The summed E-state index contributed by atoms with van der Waals surface area (Å²) in [5.41, 5.74) is 7.13. The van der Waals surface area contributed by atoms with Crippen LogP contribution in [0.1, 0.15) is 49.4 Å². The first-order valence-corrected chi connectivity index (χ1v) is 6.89. The van der Waals surface area contributed by atoms with Crippen molar-refractivity contribution in [2.75, 3.05) is 12.3 Å². The molecule has 1 unspecified atom stereocenters. The molecule has 1 aromatic carbocycles. The number of benzene rings is 1. The van der Waals surface area contributed by atoms with Crippen LogP contribution in [0.15, 0.2) is 24.3 Å². The maximum absolute atomic E-state index is 12.5. The number of likely N-dealkylation sites (tertiary alicyclic amines) is 1. The fourth-order valence-corrected chi connectivity index (χ4v) is 2.71. The number of rotatable bonds is 2. The summed E-state index contributed by atoms with van der Waals surface area (Å²) in [4.78, 5) is 14.6. The highest BCUT2D eigenvalue weighted by atomic mass is 16.2. The lowest BCUT2D eigenvalue weighted by atomic mass is 10.1. The van der Waals surface area contributed by atoms with Crippen LogP contribution in [-0.4, -0.2) is 23.4 Å². The maximum Gasteiger partial charge on any atom is 0.254 e. The van der Waals surface area contributed by atoms with E-state index in [4.69, 9.17) is 5.73 Å². The minimum absolute atomic E-state index is 0.135. The average molecular weight is 246 g/mol. The number of nitrogen functional groups attached to an aromatic ring is 1. The lowest BCUT2D eigenvalue weighted by Crippen LogP contribution is -2.39. The predicted octanol–water partition coefficient (Wildman–Crippen LogP) is 3.06. The molecule has 3 heteroatoms. The molecule has 0 spiro atoms. The van der Waals surface area contributed by atoms with Gasteiger partial charge < -0.3 is 10.6 Å². The zero-order valence-electron chi connectivity index (χ0n) is 11.1. The molecule has 0 aromatic heterocycles. The molecule has 1 aliphatic heterocycles. The summed E-state index contributed by atoms with van der Waals surface area (Å²) in [5.74, 6) is 0.135. The molecule has 1 aliphatic rings. The molecule has 1 atom stereocenters. The number of carbonyl (C=O) groups is 1. The topological polar surface area (TPSA) is 46.3 Å². The Morgan fingerprint density at radius 2 is 2.22 bits per heavy atom. The van der Waals surface area contributed by atoms with Gasteiger partial charge in [0.1, 0.15) is 0 Å². The van der Waals surface area contributed by atoms with E-state index in [2.05, 4.69) is 6.92 Å². The Morgan fingerprint density at radius 1 is 1.39 bits per heavy atom. The zero-order valence-corrected chi connectivity index (χ0v) is 11.1. The van der Waals surface area contributed by atoms with Crippen LogP contribution in [0.3, 0.4) is 0 Å². The van der Waals surface area contributed by atoms with Crippen LogP contribution in [-0.2, 0) is 0 Å². The summed E-state index contributed by atoms with van der Waals surface area (Å²) < 4.78 is 0. The van der Waals surface area contributed by atoms with Gasteiger partial charge in [0, 0.05) is 23.8 Å². The Balaban J connectivity index is 2.19. The second-order valence-corrected chi connectivity index (χ2v) is 5.04. The third-order valence-electron chi connectivity index (χ3n) is 3.74. The molecule has 0 bridgehead atoms. The van der Waals surface area contributed by atoms with Gasteiger partial charge >= 0.3 is 0 Å². The smallest absolute Gasteiger partial charge is 0.254 e. The largest absolute Gasteiger partial charge is 0.399 e. The van der Waals surface area contributed by atoms with Gasteiger partial charge in [0.25, 0.3) is 5.91 Å². The van der Waals surface area contributed by atoms with Crippen LogP contribution < -0.4 is 5.73 Å². The first kappa shape index (κ1) is 12.9. The molecule has 0 saturated carbocycles. The van der Waals surface area contributed by atoms with E-state index in [1.54, 1.807) is 6.07 Å². The number of carbonyl (C=O) groups excluding carboxylic acids is 1. The first-order chi connectivity index (χ1) is 8.72. The van der Waals surface area contributed by atoms with Gasteiger partial charge in [-0.2, -0.15) is 0 Å². The second-order valence-electron chi connectivity index (χ2n) is 5.04. The molecular weight excluding hydrogens is 224 g/mol. The van der Waals surface area contributed by atoms with Gasteiger partial charge in [-0.25, -0.2) is 0 Å². The molecule has 0 aliphatic carbocycles. The highest BCUT2D eigenvalue weighted by molar-refractivity contribution is 5.95. The molecule has 0 radical (unpaired) electrons. The molecular formula is C15H22N2O. The van der Waals surface area contributed by atoms with Crippen molar-refractivity contribution >= 4 is 11.6 Å². The molecule has 98 valence electrons. The average Bonchev–Trinajstić information content (AvgIpc) is 2.62. The van der Waals surface area contributed by atoms with Crippen LogP contribution >= 0.6 is 0 Å². The summed E-state index contributed by atoms with van der Waals surface area (Å²) in [6, 6.07) is 7.69. The molecule has 3 nitrogen and oxygen atoms in total. The third-order valence-corrected chi connectivity index (χ3v) is 3.74. The van der Waals surface area contributed by atoms with Gasteiger partial charge in [-0.1, -0.05) is 25.8 Å². The zero-order chi connectivity index (χ0) is 13.0. The Bertz CT molecular complexity index is 417. The number of hydrogen-bond donors (Lipinski definition) is 1. The monoisotopic (exact) mass is 246 g/mol. The van der Waals surface area contributed by atoms with Gasteiger partial charge in [-0.05, 0) is 37.5 Å². The van der Waals surface area contributed by atoms with E-state index in [9.17, 15) is 4.79 Å². The predicted molar refractivity (Wildman–Crippen MR) is 74.4 cm³/mol. The van der Waals surface area contributed by atoms with Gasteiger partial charge in [-0.3, -0.25) is 4.79 Å². The maximum atomic E-state index is 12.5. The van der Waals surface area contributed by atoms with Crippen molar-refractivity contribution in [3.8, 4) is 0 Å². The number of hydrogen-bond acceptors (Lipinski definition) is 2. The quantitative estimate of drug-likeness (QED) is 0.815. The van der Waals surface area contributed by atoms with Crippen LogP contribution in [0, 0.1) is 0 Å². The molecule has 1 fully saturated rings. The van der Waals surface area contributed by atoms with Crippen molar-refractivity contribution < 1.29 is 4.79 Å². The van der Waals surface area contributed by atoms with E-state index in [-0.39, 0.29) is 5.91 Å². The molecule has 18 heavy (non-hydrogen) atoms. The Hall–Kier alpha value is -1.51. The summed E-state index contributed by atoms with van der Waals surface area (Å²) >= 11 is 0. The van der Waals surface area contributed by atoms with Crippen molar-refractivity contribution in [2.45, 2.75) is 45.1 Å². The van der Waals surface area contributed by atoms with E-state index in [1.807, 2.05) is 23.1 Å². The van der Waals surface area contributed by atoms with Gasteiger partial charge in [-0.15, -0.1) is 0 Å². The van der Waals surface area contributed by atoms with Crippen LogP contribution in [0.25, 0.3) is 0 Å². The third kappa shape index (κ3) is 2.84. The van der Waals surface area contributed by atoms with Crippen molar-refractivity contribution in [1.82, 2.24) is 4.90 Å². The molecule has 1 aromatic rings. The molecule has 2 N–H and O–H groups in total. The van der Waals surface area contributed by atoms with Crippen molar-refractivity contribution in [3.63, 3.8) is 0 Å². The first-order valence-electron chi connectivity index (χ1n) is 6.89. The Labute approximate surface area is 109 Å². The van der Waals surface area contributed by atoms with Crippen molar-refractivity contribution in [3.05, 3.63) is 29.8 Å². The van der Waals surface area contributed by atoms with Crippen LogP contribution in [0.5, 0.6) is 0 Å². The molecule has 1 heterocycles. The van der Waals surface area contributed by atoms with E-state index in [0.29, 0.717) is 11.7 Å². The normalized spacial score (nSPS) is 20.5. The number of nitrogens with zero attached hydrogens (tertiary/aromatic N) is 1. The van der Waals surface area contributed by atoms with Crippen LogP contribution in [0.2, 0.25) is 0 Å². The van der Waals surface area contributed by atoms with E-state index in [1.165, 1.54) is 12.8 Å². The highest BCUT2D eigenvalue weighted by Gasteiger charge is 2.24. The summed E-state index contributed by atoms with van der Waals surface area (Å²) in [6.07, 6.45) is 5.75. The number of anilines is 1. The Morgan fingerprint density at radius 3 is 2.94 bits per heavy atom. The summed E-state index contributed by atoms with van der Waals surface area (Å²) in [5, 5.41) is 0. The number of amides is 1. The minimum atomic E-state index is 0.135. The second kappa shape index (κ2) is 5.89. The summed E-state index contributed by atoms with van der Waals surface area (Å²) in [7, 11) is 0. The fraction of sp³-hybridized carbons (Fsp3) is 0.533. The lowest BCUT2D eigenvalue weighted by Gasteiger charge is -2.29. The summed E-state index contributed by atoms with van der Waals surface area (Å²) in [6.45, 7) is 3.04. The van der Waals surface area contributed by atoms with Gasteiger partial charge in [0.15, 0.2) is 0 Å². The fourth-order valence-electron chi connectivity index (χ4n) is 2.71. The van der Waals surface area contributed by atoms with Crippen molar-refractivity contribution in [1.29, 1.82) is 0 Å². The molecule has 1 amide bonds. The number of nitrogens with two attached hydrogens (primary N) is 1. The highest BCUT2D eigenvalue weighted by Crippen LogP contribution is 2.21. The molecule has 1 saturated heterocycles. The van der Waals surface area contributed by atoms with E-state index >= 15 is 0 Å². The SMILES string of the molecule is CCC1CCCCCN1C(=O)c1cccc(N)c1. The lowest BCUT2D eigenvalue weighted by molar-refractivity contribution is 0.0678. The van der Waals surface area contributed by atoms with E-state index in [0.717, 1.165) is 31.4 Å². The standard InChI is InChI=1S/C15H22N2O/c1-2-14-9-4-3-5-10-17(14)15(18)12-7-6-8-13(16)11-12/h6-8,11,14H,2-5,9-10,16H2,1H3. The van der Waals surface area contributed by atoms with Gasteiger partial charge in [0.05, 0.1) is 0 Å². The minimum Gasteiger partial charge on any atom is -0.399 e. The Kier molecular flexibility index (Phi) is 4.24. The van der Waals surface area contributed by atoms with Gasteiger partial charge in [0.2, 0.25) is 0 Å². The molecule has 2 rings (SSSR count).